The van der Waals surface area contributed by atoms with E-state index in [9.17, 15) is 4.79 Å². The zero-order valence-corrected chi connectivity index (χ0v) is 9.47. The van der Waals surface area contributed by atoms with E-state index in [2.05, 4.69) is 5.32 Å². The Bertz CT molecular complexity index is 468. The van der Waals surface area contributed by atoms with Crippen molar-refractivity contribution in [2.75, 3.05) is 25.5 Å². The third kappa shape index (κ3) is 2.96. The number of carbonyl (C=O) groups excluding carboxylic acids is 1. The largest absolute Gasteiger partial charge is 0.387 e. The molecule has 0 aliphatic carbocycles. The minimum Gasteiger partial charge on any atom is -0.387 e. The summed E-state index contributed by atoms with van der Waals surface area (Å²) in [5, 5.41) is 20.1. The van der Waals surface area contributed by atoms with E-state index in [4.69, 9.17) is 10.5 Å². The standard InChI is InChI=1S/C12H12N4O/c1-15-11-5-3-2-4-10(11)12(17)16(8-6-13)9-7-14/h2-5,15H,8-9H2,1H3. The van der Waals surface area contributed by atoms with Gasteiger partial charge in [-0.15, -0.1) is 0 Å². The molecule has 1 aromatic carbocycles. The topological polar surface area (TPSA) is 79.9 Å². The third-order valence-corrected chi connectivity index (χ3v) is 2.24. The van der Waals surface area contributed by atoms with Crippen molar-refractivity contribution >= 4 is 11.6 Å². The van der Waals surface area contributed by atoms with Gasteiger partial charge < -0.3 is 10.2 Å². The van der Waals surface area contributed by atoms with E-state index in [1.54, 1.807) is 25.2 Å². The van der Waals surface area contributed by atoms with Gasteiger partial charge in [-0.25, -0.2) is 0 Å². The number of hydrogen-bond donors (Lipinski definition) is 1. The van der Waals surface area contributed by atoms with Crippen LogP contribution in [0, 0.1) is 22.7 Å². The normalized spacial score (nSPS) is 8.88. The highest BCUT2D eigenvalue weighted by Crippen LogP contribution is 2.16. The molecule has 0 aliphatic heterocycles. The lowest BCUT2D eigenvalue weighted by Crippen LogP contribution is -2.32. The average Bonchev–Trinajstić information content (AvgIpc) is 2.37. The summed E-state index contributed by atoms with van der Waals surface area (Å²) in [6.07, 6.45) is 0. The monoisotopic (exact) mass is 228 g/mol. The van der Waals surface area contributed by atoms with Gasteiger partial charge in [-0.1, -0.05) is 12.1 Å². The number of amides is 1. The lowest BCUT2D eigenvalue weighted by Gasteiger charge is -2.17. The summed E-state index contributed by atoms with van der Waals surface area (Å²) in [6, 6.07) is 10.7. The van der Waals surface area contributed by atoms with Crippen LogP contribution in [0.5, 0.6) is 0 Å². The molecule has 1 aromatic rings. The van der Waals surface area contributed by atoms with Crippen LogP contribution in [0.1, 0.15) is 10.4 Å². The minimum absolute atomic E-state index is 0.0928. The third-order valence-electron chi connectivity index (χ3n) is 2.24. The Kier molecular flexibility index (Phi) is 4.53. The van der Waals surface area contributed by atoms with Crippen molar-refractivity contribution in [3.63, 3.8) is 0 Å². The first-order valence-electron chi connectivity index (χ1n) is 5.04. The first-order chi connectivity index (χ1) is 8.24. The summed E-state index contributed by atoms with van der Waals surface area (Å²) in [5.41, 5.74) is 1.14. The Balaban J connectivity index is 3.02. The molecule has 1 rings (SSSR count). The molecule has 1 N–H and O–H groups in total. The number of nitriles is 2. The number of carbonyl (C=O) groups is 1. The number of rotatable bonds is 4. The van der Waals surface area contributed by atoms with Gasteiger partial charge in [0.25, 0.3) is 5.91 Å². The first-order valence-corrected chi connectivity index (χ1v) is 5.04. The predicted molar refractivity (Wildman–Crippen MR) is 63.1 cm³/mol. The number of benzene rings is 1. The van der Waals surface area contributed by atoms with Crippen molar-refractivity contribution in [1.29, 1.82) is 10.5 Å². The molecule has 5 heteroatoms. The number of anilines is 1. The fourth-order valence-electron chi connectivity index (χ4n) is 1.43. The Morgan fingerprint density at radius 2 is 1.88 bits per heavy atom. The van der Waals surface area contributed by atoms with Crippen LogP contribution in [-0.2, 0) is 0 Å². The number of nitrogens with zero attached hydrogens (tertiary/aromatic N) is 3. The smallest absolute Gasteiger partial charge is 0.257 e. The van der Waals surface area contributed by atoms with Gasteiger partial charge in [-0.2, -0.15) is 10.5 Å². The van der Waals surface area contributed by atoms with E-state index < -0.39 is 0 Å². The van der Waals surface area contributed by atoms with Crippen molar-refractivity contribution < 1.29 is 4.79 Å². The second kappa shape index (κ2) is 6.14. The van der Waals surface area contributed by atoms with Gasteiger partial charge >= 0.3 is 0 Å². The molecule has 0 radical (unpaired) electrons. The van der Waals surface area contributed by atoms with Crippen LogP contribution in [0.15, 0.2) is 24.3 Å². The van der Waals surface area contributed by atoms with Crippen LogP contribution >= 0.6 is 0 Å². The van der Waals surface area contributed by atoms with Crippen molar-refractivity contribution in [3.8, 4) is 12.1 Å². The molecule has 0 saturated carbocycles. The van der Waals surface area contributed by atoms with Crippen LogP contribution < -0.4 is 5.32 Å². The van der Waals surface area contributed by atoms with Crippen molar-refractivity contribution in [2.45, 2.75) is 0 Å². The van der Waals surface area contributed by atoms with Gasteiger partial charge in [0.05, 0.1) is 17.7 Å². The molecular formula is C12H12N4O. The summed E-state index contributed by atoms with van der Waals surface area (Å²) in [7, 11) is 1.71. The van der Waals surface area contributed by atoms with E-state index in [0.29, 0.717) is 11.3 Å². The second-order valence-electron chi connectivity index (χ2n) is 3.27. The summed E-state index contributed by atoms with van der Waals surface area (Å²) < 4.78 is 0. The molecule has 1 amide bonds. The maximum Gasteiger partial charge on any atom is 0.257 e. The molecule has 5 nitrogen and oxygen atoms in total. The van der Waals surface area contributed by atoms with E-state index in [0.717, 1.165) is 0 Å². The molecule has 0 atom stereocenters. The van der Waals surface area contributed by atoms with Gasteiger partial charge in [0.15, 0.2) is 0 Å². The fraction of sp³-hybridized carbons (Fsp3) is 0.250. The summed E-state index contributed by atoms with van der Waals surface area (Å²) >= 11 is 0. The maximum atomic E-state index is 12.1. The van der Waals surface area contributed by atoms with Gasteiger partial charge in [0.1, 0.15) is 13.1 Å². The van der Waals surface area contributed by atoms with Crippen molar-refractivity contribution in [1.82, 2.24) is 4.90 Å². The van der Waals surface area contributed by atoms with Gasteiger partial charge in [0, 0.05) is 12.7 Å². The molecular weight excluding hydrogens is 216 g/mol. The molecule has 0 fully saturated rings. The number of hydrogen-bond acceptors (Lipinski definition) is 4. The first kappa shape index (κ1) is 12.5. The molecule has 0 saturated heterocycles. The fourth-order valence-corrected chi connectivity index (χ4v) is 1.43. The van der Waals surface area contributed by atoms with E-state index in [1.165, 1.54) is 4.90 Å². The molecule has 86 valence electrons. The highest BCUT2D eigenvalue weighted by molar-refractivity contribution is 5.99. The van der Waals surface area contributed by atoms with Crippen LogP contribution in [0.4, 0.5) is 5.69 Å². The van der Waals surface area contributed by atoms with Crippen molar-refractivity contribution in [3.05, 3.63) is 29.8 Å². The van der Waals surface area contributed by atoms with Crippen LogP contribution in [0.2, 0.25) is 0 Å². The molecule has 0 heterocycles. The van der Waals surface area contributed by atoms with Gasteiger partial charge in [-0.05, 0) is 12.1 Å². The van der Waals surface area contributed by atoms with Crippen LogP contribution in [-0.4, -0.2) is 30.9 Å². The van der Waals surface area contributed by atoms with Crippen molar-refractivity contribution in [2.24, 2.45) is 0 Å². The quantitative estimate of drug-likeness (QED) is 0.786. The lowest BCUT2D eigenvalue weighted by atomic mass is 10.1. The zero-order chi connectivity index (χ0) is 12.7. The van der Waals surface area contributed by atoms with E-state index in [-0.39, 0.29) is 19.0 Å². The zero-order valence-electron chi connectivity index (χ0n) is 9.47. The Labute approximate surface area is 99.9 Å². The summed E-state index contributed by atoms with van der Waals surface area (Å²) in [5.74, 6) is -0.321. The molecule has 0 unspecified atom stereocenters. The Morgan fingerprint density at radius 3 is 2.41 bits per heavy atom. The average molecular weight is 228 g/mol. The molecule has 0 aromatic heterocycles. The highest BCUT2D eigenvalue weighted by Gasteiger charge is 2.17. The van der Waals surface area contributed by atoms with E-state index in [1.807, 2.05) is 18.2 Å². The highest BCUT2D eigenvalue weighted by atomic mass is 16.2. The Morgan fingerprint density at radius 1 is 1.29 bits per heavy atom. The molecule has 17 heavy (non-hydrogen) atoms. The van der Waals surface area contributed by atoms with Gasteiger partial charge in [-0.3, -0.25) is 4.79 Å². The molecule has 0 spiro atoms. The van der Waals surface area contributed by atoms with Gasteiger partial charge in [0.2, 0.25) is 0 Å². The number of nitrogens with one attached hydrogen (secondary N) is 1. The second-order valence-corrected chi connectivity index (χ2v) is 3.27. The van der Waals surface area contributed by atoms with Crippen LogP contribution in [0.3, 0.4) is 0 Å². The number of para-hydroxylation sites is 1. The predicted octanol–water partition coefficient (Wildman–Crippen LogP) is 1.22. The molecule has 0 bridgehead atoms. The Hall–Kier alpha value is -2.53. The SMILES string of the molecule is CNc1ccccc1C(=O)N(CC#N)CC#N. The lowest BCUT2D eigenvalue weighted by molar-refractivity contribution is 0.0795. The van der Waals surface area contributed by atoms with Crippen LogP contribution in [0.25, 0.3) is 0 Å². The minimum atomic E-state index is -0.321. The summed E-state index contributed by atoms with van der Waals surface area (Å²) in [4.78, 5) is 13.3. The molecule has 0 aliphatic rings. The summed E-state index contributed by atoms with van der Waals surface area (Å²) in [6.45, 7) is -0.186. The maximum absolute atomic E-state index is 12.1. The van der Waals surface area contributed by atoms with E-state index >= 15 is 0 Å².